The number of amides is 1. The molecule has 0 unspecified atom stereocenters. The van der Waals surface area contributed by atoms with E-state index in [9.17, 15) is 15.0 Å². The van der Waals surface area contributed by atoms with Crippen LogP contribution in [0.4, 0.5) is 0 Å². The zero-order valence-corrected chi connectivity index (χ0v) is 20.5. The largest absolute Gasteiger partial charge is 0.489 e. The third kappa shape index (κ3) is 5.80. The van der Waals surface area contributed by atoms with Crippen molar-refractivity contribution in [2.75, 3.05) is 13.1 Å². The zero-order chi connectivity index (χ0) is 24.0. The molecule has 0 aromatic heterocycles. The van der Waals surface area contributed by atoms with E-state index in [1.165, 1.54) is 0 Å². The van der Waals surface area contributed by atoms with E-state index in [0.29, 0.717) is 19.3 Å². The summed E-state index contributed by atoms with van der Waals surface area (Å²) >= 11 is 0. The number of para-hydroxylation sites is 1. The lowest BCUT2D eigenvalue weighted by Gasteiger charge is -2.19. The fourth-order valence-electron chi connectivity index (χ4n) is 5.15. The van der Waals surface area contributed by atoms with Crippen LogP contribution in [0.3, 0.4) is 0 Å². The van der Waals surface area contributed by atoms with E-state index in [2.05, 4.69) is 30.0 Å². The first-order valence-corrected chi connectivity index (χ1v) is 12.4. The average molecular weight is 454 g/mol. The molecule has 0 spiro atoms. The van der Waals surface area contributed by atoms with Crippen LogP contribution in [-0.2, 0) is 11.2 Å². The Morgan fingerprint density at radius 1 is 1.33 bits per heavy atom. The summed E-state index contributed by atoms with van der Waals surface area (Å²) in [6, 6.07) is 6.24. The van der Waals surface area contributed by atoms with Crippen molar-refractivity contribution in [3.05, 3.63) is 41.5 Å². The maximum atomic E-state index is 12.3. The fourth-order valence-corrected chi connectivity index (χ4v) is 5.15. The van der Waals surface area contributed by atoms with Crippen LogP contribution in [0.1, 0.15) is 70.4 Å². The summed E-state index contributed by atoms with van der Waals surface area (Å²) in [5.74, 6) is 7.07. The lowest BCUT2D eigenvalue weighted by Crippen LogP contribution is -2.30. The van der Waals surface area contributed by atoms with Gasteiger partial charge in [-0.1, -0.05) is 37.3 Å². The third-order valence-electron chi connectivity index (χ3n) is 7.16. The molecule has 1 fully saturated rings. The highest BCUT2D eigenvalue weighted by Crippen LogP contribution is 2.52. The molecule has 2 N–H and O–H groups in total. The van der Waals surface area contributed by atoms with Gasteiger partial charge in [0, 0.05) is 49.8 Å². The van der Waals surface area contributed by atoms with Crippen LogP contribution < -0.4 is 4.74 Å². The SMILES string of the molecule is CC#CC[C@H](C)[C@H](O)/C=C/[C@@H]1[C@H]2c3cccc(CCCC(=O)N(CC)CC)c3O[C@H]2C[C@H]1O. The van der Waals surface area contributed by atoms with Crippen LogP contribution in [0.25, 0.3) is 0 Å². The standard InChI is InChI=1S/C28H39NO4/c1-5-8-11-19(4)23(30)17-16-21-24(31)18-25-27(21)22-14-9-12-20(28(22)33-25)13-10-15-26(32)29(6-2)7-3/h9,12,14,16-17,19,21,23-25,27,30-31H,6-7,10-11,13,15,18H2,1-4H3/b17-16+/t19-,21-,23+,24+,25-,27-/m0/s1. The first-order chi connectivity index (χ1) is 15.9. The van der Waals surface area contributed by atoms with Crippen molar-refractivity contribution in [1.29, 1.82) is 0 Å². The maximum absolute atomic E-state index is 12.3. The number of carbonyl (C=O) groups excluding carboxylic acids is 1. The van der Waals surface area contributed by atoms with Crippen LogP contribution in [0.5, 0.6) is 5.75 Å². The Kier molecular flexibility index (Phi) is 9.00. The number of rotatable bonds is 10. The second-order valence-corrected chi connectivity index (χ2v) is 9.30. The van der Waals surface area contributed by atoms with E-state index in [-0.39, 0.29) is 29.8 Å². The van der Waals surface area contributed by atoms with Crippen LogP contribution >= 0.6 is 0 Å². The first kappa shape index (κ1) is 25.3. The minimum atomic E-state index is -0.589. The Morgan fingerprint density at radius 2 is 2.09 bits per heavy atom. The molecule has 0 radical (unpaired) electrons. The highest BCUT2D eigenvalue weighted by atomic mass is 16.5. The summed E-state index contributed by atoms with van der Waals surface area (Å²) < 4.78 is 6.35. The number of aliphatic hydroxyl groups is 2. The zero-order valence-electron chi connectivity index (χ0n) is 20.5. The summed E-state index contributed by atoms with van der Waals surface area (Å²) in [7, 11) is 0. The lowest BCUT2D eigenvalue weighted by atomic mass is 9.86. The predicted molar refractivity (Wildman–Crippen MR) is 131 cm³/mol. The number of hydrogen-bond donors (Lipinski definition) is 2. The molecule has 0 saturated heterocycles. The molecule has 3 rings (SSSR count). The van der Waals surface area contributed by atoms with Crippen molar-refractivity contribution in [1.82, 2.24) is 4.90 Å². The van der Waals surface area contributed by atoms with E-state index < -0.39 is 12.2 Å². The topological polar surface area (TPSA) is 70.0 Å². The molecule has 1 aliphatic carbocycles. The monoisotopic (exact) mass is 453 g/mol. The van der Waals surface area contributed by atoms with E-state index in [4.69, 9.17) is 4.74 Å². The molecule has 1 aromatic rings. The van der Waals surface area contributed by atoms with Gasteiger partial charge in [-0.25, -0.2) is 0 Å². The van der Waals surface area contributed by atoms with Gasteiger partial charge in [0.05, 0.1) is 12.2 Å². The molecule has 0 bridgehead atoms. The van der Waals surface area contributed by atoms with Gasteiger partial charge in [-0.2, -0.15) is 0 Å². The Balaban J connectivity index is 1.69. The van der Waals surface area contributed by atoms with Gasteiger partial charge in [0.1, 0.15) is 11.9 Å². The number of carbonyl (C=O) groups is 1. The Labute approximate surface area is 198 Å². The lowest BCUT2D eigenvalue weighted by molar-refractivity contribution is -0.130. The van der Waals surface area contributed by atoms with Crippen molar-refractivity contribution in [2.45, 2.75) is 84.0 Å². The van der Waals surface area contributed by atoms with Gasteiger partial charge in [-0.3, -0.25) is 4.79 Å². The van der Waals surface area contributed by atoms with E-state index in [0.717, 1.165) is 42.8 Å². The summed E-state index contributed by atoms with van der Waals surface area (Å²) in [6.07, 6.45) is 6.03. The molecule has 1 aliphatic heterocycles. The fraction of sp³-hybridized carbons (Fsp3) is 0.607. The average Bonchev–Trinajstić information content (AvgIpc) is 3.31. The van der Waals surface area contributed by atoms with Crippen molar-refractivity contribution in [3.63, 3.8) is 0 Å². The van der Waals surface area contributed by atoms with Gasteiger partial charge in [0.2, 0.25) is 5.91 Å². The van der Waals surface area contributed by atoms with E-state index in [1.54, 1.807) is 6.92 Å². The van der Waals surface area contributed by atoms with Gasteiger partial charge in [-0.05, 0) is 45.1 Å². The van der Waals surface area contributed by atoms with Gasteiger partial charge >= 0.3 is 0 Å². The second-order valence-electron chi connectivity index (χ2n) is 9.30. The normalized spacial score (nSPS) is 25.0. The molecule has 1 aromatic carbocycles. The Hall–Kier alpha value is -2.29. The summed E-state index contributed by atoms with van der Waals surface area (Å²) in [6.45, 7) is 9.31. The molecular formula is C28H39NO4. The smallest absolute Gasteiger partial charge is 0.222 e. The number of nitrogens with zero attached hydrogens (tertiary/aromatic N) is 1. The Morgan fingerprint density at radius 3 is 2.79 bits per heavy atom. The number of fused-ring (bicyclic) bond motifs is 3. The van der Waals surface area contributed by atoms with E-state index in [1.807, 2.05) is 37.8 Å². The molecule has 2 aliphatic rings. The molecule has 180 valence electrons. The predicted octanol–water partition coefficient (Wildman–Crippen LogP) is 4.07. The first-order valence-electron chi connectivity index (χ1n) is 12.4. The second kappa shape index (κ2) is 11.7. The number of benzene rings is 1. The molecule has 1 amide bonds. The van der Waals surface area contributed by atoms with Crippen LogP contribution in [0.2, 0.25) is 0 Å². The molecular weight excluding hydrogens is 414 g/mol. The maximum Gasteiger partial charge on any atom is 0.222 e. The number of hydrogen-bond acceptors (Lipinski definition) is 4. The minimum absolute atomic E-state index is 0.0424. The highest BCUT2D eigenvalue weighted by Gasteiger charge is 2.48. The Bertz CT molecular complexity index is 895. The minimum Gasteiger partial charge on any atom is -0.489 e. The summed E-state index contributed by atoms with van der Waals surface area (Å²) in [5, 5.41) is 21.2. The van der Waals surface area contributed by atoms with Gasteiger partial charge in [0.25, 0.3) is 0 Å². The van der Waals surface area contributed by atoms with Crippen LogP contribution in [0.15, 0.2) is 30.4 Å². The van der Waals surface area contributed by atoms with Crippen molar-refractivity contribution < 1.29 is 19.7 Å². The van der Waals surface area contributed by atoms with Gasteiger partial charge < -0.3 is 19.8 Å². The molecule has 33 heavy (non-hydrogen) atoms. The summed E-state index contributed by atoms with van der Waals surface area (Å²) in [5.41, 5.74) is 2.27. The molecule has 1 saturated carbocycles. The summed E-state index contributed by atoms with van der Waals surface area (Å²) in [4.78, 5) is 14.2. The number of ether oxygens (including phenoxy) is 1. The highest BCUT2D eigenvalue weighted by molar-refractivity contribution is 5.76. The van der Waals surface area contributed by atoms with Crippen molar-refractivity contribution in [3.8, 4) is 17.6 Å². The number of aliphatic hydroxyl groups excluding tert-OH is 2. The van der Waals surface area contributed by atoms with Crippen molar-refractivity contribution in [2.24, 2.45) is 11.8 Å². The van der Waals surface area contributed by atoms with Crippen LogP contribution in [0, 0.1) is 23.7 Å². The molecule has 1 heterocycles. The van der Waals surface area contributed by atoms with Gasteiger partial charge in [-0.15, -0.1) is 11.8 Å². The third-order valence-corrected chi connectivity index (χ3v) is 7.16. The van der Waals surface area contributed by atoms with Gasteiger partial charge in [0.15, 0.2) is 0 Å². The van der Waals surface area contributed by atoms with Crippen LogP contribution in [-0.4, -0.2) is 52.4 Å². The quantitative estimate of drug-likeness (QED) is 0.414. The van der Waals surface area contributed by atoms with Crippen molar-refractivity contribution >= 4 is 5.91 Å². The number of aryl methyl sites for hydroxylation is 1. The molecule has 6 atom stereocenters. The molecule has 5 heteroatoms. The van der Waals surface area contributed by atoms with E-state index >= 15 is 0 Å². The molecule has 5 nitrogen and oxygen atoms in total.